The van der Waals surface area contributed by atoms with Crippen molar-refractivity contribution in [1.82, 2.24) is 4.90 Å². The summed E-state index contributed by atoms with van der Waals surface area (Å²) in [4.78, 5) is 13.5. The van der Waals surface area contributed by atoms with E-state index < -0.39 is 0 Å². The van der Waals surface area contributed by atoms with Gasteiger partial charge in [0.05, 0.1) is 23.9 Å². The van der Waals surface area contributed by atoms with Crippen molar-refractivity contribution in [2.75, 3.05) is 26.3 Å². The first kappa shape index (κ1) is 18.4. The van der Waals surface area contributed by atoms with E-state index >= 15 is 0 Å². The summed E-state index contributed by atoms with van der Waals surface area (Å²) in [5.74, 6) is 1.42. The van der Waals surface area contributed by atoms with Gasteiger partial charge in [-0.2, -0.15) is 0 Å². The summed E-state index contributed by atoms with van der Waals surface area (Å²) >= 11 is 0. The average Bonchev–Trinajstić information content (AvgIpc) is 2.70. The minimum atomic E-state index is -0.319. The van der Waals surface area contributed by atoms with E-state index in [0.29, 0.717) is 5.92 Å². The van der Waals surface area contributed by atoms with Crippen molar-refractivity contribution in [2.24, 2.45) is 5.92 Å². The summed E-state index contributed by atoms with van der Waals surface area (Å²) < 4.78 is 12.3. The van der Waals surface area contributed by atoms with E-state index in [2.05, 4.69) is 11.8 Å². The Kier molecular flexibility index (Phi) is 4.95. The third-order valence-electron chi connectivity index (χ3n) is 6.62. The molecule has 27 heavy (non-hydrogen) atoms. The number of hydrogen-bond acceptors (Lipinski definition) is 5. The Morgan fingerprint density at radius 1 is 1.22 bits per heavy atom. The number of fused-ring (bicyclic) bond motifs is 1. The maximum atomic E-state index is 11.3. The number of nitro groups is 1. The molecular formula is C21H28N2O4. The van der Waals surface area contributed by atoms with Crippen molar-refractivity contribution in [3.05, 3.63) is 51.3 Å². The summed E-state index contributed by atoms with van der Waals surface area (Å²) in [6.45, 7) is 7.40. The second kappa shape index (κ2) is 7.24. The van der Waals surface area contributed by atoms with E-state index in [1.807, 2.05) is 19.1 Å². The number of allylic oxidation sites excluding steroid dienone is 2. The molecule has 0 spiro atoms. The number of nitrogens with zero attached hydrogens (tertiary/aromatic N) is 2. The summed E-state index contributed by atoms with van der Waals surface area (Å²) in [7, 11) is 0. The minimum absolute atomic E-state index is 0.154. The van der Waals surface area contributed by atoms with E-state index in [-0.39, 0.29) is 22.3 Å². The highest BCUT2D eigenvalue weighted by Gasteiger charge is 2.54. The lowest BCUT2D eigenvalue weighted by atomic mass is 9.66. The van der Waals surface area contributed by atoms with Crippen LogP contribution in [0.25, 0.3) is 0 Å². The molecule has 3 atom stereocenters. The Morgan fingerprint density at radius 3 is 2.74 bits per heavy atom. The number of nitro benzene ring substituents is 1. The lowest BCUT2D eigenvalue weighted by Crippen LogP contribution is -2.62. The molecule has 6 nitrogen and oxygen atoms in total. The zero-order chi connectivity index (χ0) is 19.0. The average molecular weight is 372 g/mol. The molecular weight excluding hydrogens is 344 g/mol. The van der Waals surface area contributed by atoms with Crippen LogP contribution in [0, 0.1) is 16.0 Å². The highest BCUT2D eigenvalue weighted by Crippen LogP contribution is 2.54. The fourth-order valence-electron chi connectivity index (χ4n) is 5.29. The molecule has 1 aliphatic carbocycles. The van der Waals surface area contributed by atoms with E-state index in [1.165, 1.54) is 12.0 Å². The second-order valence-corrected chi connectivity index (χ2v) is 7.97. The van der Waals surface area contributed by atoms with E-state index in [1.54, 1.807) is 12.1 Å². The second-order valence-electron chi connectivity index (χ2n) is 7.97. The largest absolute Gasteiger partial charge is 0.477 e. The lowest BCUT2D eigenvalue weighted by Gasteiger charge is -2.56. The first-order chi connectivity index (χ1) is 13.0. The van der Waals surface area contributed by atoms with Gasteiger partial charge in [-0.05, 0) is 37.8 Å². The van der Waals surface area contributed by atoms with Crippen LogP contribution in [0.15, 0.2) is 35.6 Å². The molecule has 6 heteroatoms. The van der Waals surface area contributed by atoms with Gasteiger partial charge in [0.15, 0.2) is 5.72 Å². The summed E-state index contributed by atoms with van der Waals surface area (Å²) in [5.41, 5.74) is 2.08. The van der Waals surface area contributed by atoms with Crippen molar-refractivity contribution >= 4 is 5.69 Å². The monoisotopic (exact) mass is 372 g/mol. The maximum Gasteiger partial charge on any atom is 0.269 e. The van der Waals surface area contributed by atoms with Gasteiger partial charge in [-0.15, -0.1) is 0 Å². The van der Waals surface area contributed by atoms with Crippen LogP contribution >= 0.6 is 0 Å². The maximum absolute atomic E-state index is 11.3. The van der Waals surface area contributed by atoms with E-state index in [4.69, 9.17) is 9.47 Å². The Morgan fingerprint density at radius 2 is 2.00 bits per heavy atom. The molecule has 2 aliphatic heterocycles. The van der Waals surface area contributed by atoms with Crippen LogP contribution in [0.5, 0.6) is 0 Å². The van der Waals surface area contributed by atoms with Crippen molar-refractivity contribution in [1.29, 1.82) is 0 Å². The molecule has 1 saturated heterocycles. The van der Waals surface area contributed by atoms with Gasteiger partial charge in [0.25, 0.3) is 5.69 Å². The summed E-state index contributed by atoms with van der Waals surface area (Å²) in [6, 6.07) is 7.18. The number of morpholine rings is 1. The van der Waals surface area contributed by atoms with Crippen molar-refractivity contribution < 1.29 is 14.4 Å². The fourth-order valence-corrected chi connectivity index (χ4v) is 5.29. The SMILES string of the molecule is CC1=C(C)C(c2cccc([N+](=O)[O-])c2)C2CCCCC2(N2CCOCC2)O1. The molecule has 0 bridgehead atoms. The highest BCUT2D eigenvalue weighted by atomic mass is 16.6. The predicted molar refractivity (Wildman–Crippen MR) is 102 cm³/mol. The normalized spacial score (nSPS) is 31.9. The number of non-ortho nitro benzene ring substituents is 1. The first-order valence-electron chi connectivity index (χ1n) is 9.96. The summed E-state index contributed by atoms with van der Waals surface area (Å²) in [5, 5.41) is 11.3. The van der Waals surface area contributed by atoms with Crippen LogP contribution in [0.2, 0.25) is 0 Å². The van der Waals surface area contributed by atoms with Crippen LogP contribution in [0.1, 0.15) is 51.0 Å². The standard InChI is InChI=1S/C21H28N2O4/c1-15-16(2)27-21(22-10-12-26-13-11-22)9-4-3-8-19(21)20(15)17-6-5-7-18(14-17)23(24)25/h5-7,14,19-20H,3-4,8-13H2,1-2H3. The molecule has 1 aromatic carbocycles. The molecule has 146 valence electrons. The van der Waals surface area contributed by atoms with Crippen molar-refractivity contribution in [3.8, 4) is 0 Å². The van der Waals surface area contributed by atoms with Gasteiger partial charge >= 0.3 is 0 Å². The van der Waals surface area contributed by atoms with Gasteiger partial charge in [-0.25, -0.2) is 0 Å². The third-order valence-corrected chi connectivity index (χ3v) is 6.62. The van der Waals surface area contributed by atoms with Gasteiger partial charge in [0.2, 0.25) is 0 Å². The third kappa shape index (κ3) is 3.15. The Hall–Kier alpha value is -1.92. The number of ether oxygens (including phenoxy) is 2. The molecule has 0 aromatic heterocycles. The van der Waals surface area contributed by atoms with Crippen LogP contribution in [-0.4, -0.2) is 41.9 Å². The smallest absolute Gasteiger partial charge is 0.269 e. The number of rotatable bonds is 3. The topological polar surface area (TPSA) is 64.8 Å². The molecule has 0 amide bonds. The molecule has 0 N–H and O–H groups in total. The molecule has 0 radical (unpaired) electrons. The predicted octanol–water partition coefficient (Wildman–Crippen LogP) is 4.22. The Labute approximate surface area is 160 Å². The lowest BCUT2D eigenvalue weighted by molar-refractivity contribution is -0.385. The molecule has 2 fully saturated rings. The Bertz CT molecular complexity index is 756. The number of benzene rings is 1. The molecule has 2 heterocycles. The Balaban J connectivity index is 1.79. The highest BCUT2D eigenvalue weighted by molar-refractivity contribution is 5.41. The minimum Gasteiger partial charge on any atom is -0.477 e. The van der Waals surface area contributed by atoms with Crippen LogP contribution in [0.4, 0.5) is 5.69 Å². The van der Waals surface area contributed by atoms with E-state index in [9.17, 15) is 10.1 Å². The van der Waals surface area contributed by atoms with Gasteiger partial charge in [0, 0.05) is 43.5 Å². The van der Waals surface area contributed by atoms with Gasteiger partial charge < -0.3 is 9.47 Å². The summed E-state index contributed by atoms with van der Waals surface area (Å²) in [6.07, 6.45) is 4.42. The molecule has 3 unspecified atom stereocenters. The van der Waals surface area contributed by atoms with Crippen molar-refractivity contribution in [3.63, 3.8) is 0 Å². The molecule has 1 saturated carbocycles. The molecule has 1 aromatic rings. The zero-order valence-electron chi connectivity index (χ0n) is 16.1. The number of hydrogen-bond donors (Lipinski definition) is 0. The van der Waals surface area contributed by atoms with Crippen LogP contribution in [-0.2, 0) is 9.47 Å². The van der Waals surface area contributed by atoms with Crippen molar-refractivity contribution in [2.45, 2.75) is 51.2 Å². The van der Waals surface area contributed by atoms with E-state index in [0.717, 1.165) is 56.9 Å². The van der Waals surface area contributed by atoms with Gasteiger partial charge in [0.1, 0.15) is 0 Å². The van der Waals surface area contributed by atoms with Crippen LogP contribution < -0.4 is 0 Å². The van der Waals surface area contributed by atoms with Crippen LogP contribution in [0.3, 0.4) is 0 Å². The quantitative estimate of drug-likeness (QED) is 0.587. The fraction of sp³-hybridized carbons (Fsp3) is 0.619. The van der Waals surface area contributed by atoms with Gasteiger partial charge in [-0.1, -0.05) is 18.6 Å². The molecule has 4 rings (SSSR count). The zero-order valence-corrected chi connectivity index (χ0v) is 16.1. The van der Waals surface area contributed by atoms with Gasteiger partial charge in [-0.3, -0.25) is 15.0 Å². The first-order valence-corrected chi connectivity index (χ1v) is 9.96. The molecule has 3 aliphatic rings.